The molecule has 8 nitrogen and oxygen atoms in total. The molecule has 2 aromatic rings. The van der Waals surface area contributed by atoms with Crippen molar-refractivity contribution in [2.24, 2.45) is 5.92 Å². The second-order valence-electron chi connectivity index (χ2n) is 8.62. The van der Waals surface area contributed by atoms with Crippen molar-refractivity contribution in [3.63, 3.8) is 0 Å². The number of pyridine rings is 1. The molecule has 2 atom stereocenters. The lowest BCUT2D eigenvalue weighted by atomic mass is 9.85. The molecule has 0 spiro atoms. The molecule has 4 rings (SSSR count). The van der Waals surface area contributed by atoms with Crippen LogP contribution in [0.3, 0.4) is 0 Å². The molecule has 0 bridgehead atoms. The van der Waals surface area contributed by atoms with Gasteiger partial charge in [0.25, 0.3) is 0 Å². The Kier molecular flexibility index (Phi) is 7.14. The molecule has 1 aliphatic heterocycles. The van der Waals surface area contributed by atoms with E-state index < -0.39 is 10.0 Å². The highest BCUT2D eigenvalue weighted by Crippen LogP contribution is 2.33. The minimum atomic E-state index is -3.27. The summed E-state index contributed by atoms with van der Waals surface area (Å²) in [7, 11) is -3.27. The van der Waals surface area contributed by atoms with Gasteiger partial charge in [0.1, 0.15) is 5.82 Å². The van der Waals surface area contributed by atoms with Crippen LogP contribution in [0.2, 0.25) is 0 Å². The molecule has 0 radical (unpaired) electrons. The van der Waals surface area contributed by atoms with E-state index in [1.54, 1.807) is 18.6 Å². The van der Waals surface area contributed by atoms with Crippen LogP contribution in [0.25, 0.3) is 0 Å². The molecule has 2 fully saturated rings. The predicted octanol–water partition coefficient (Wildman–Crippen LogP) is 2.36. The molecule has 0 aromatic carbocycles. The monoisotopic (exact) mass is 445 g/mol. The summed E-state index contributed by atoms with van der Waals surface area (Å²) < 4.78 is 32.9. The Morgan fingerprint density at radius 1 is 1.10 bits per heavy atom. The quantitative estimate of drug-likeness (QED) is 0.699. The lowest BCUT2D eigenvalue weighted by Crippen LogP contribution is -2.52. The summed E-state index contributed by atoms with van der Waals surface area (Å²) in [5, 5.41) is 0. The van der Waals surface area contributed by atoms with Gasteiger partial charge in [0, 0.05) is 55.8 Å². The van der Waals surface area contributed by atoms with Crippen LogP contribution in [0, 0.1) is 5.92 Å². The van der Waals surface area contributed by atoms with E-state index in [1.165, 1.54) is 6.26 Å². The number of sulfonamides is 1. The van der Waals surface area contributed by atoms with Crippen molar-refractivity contribution in [2.75, 3.05) is 30.9 Å². The fourth-order valence-electron chi connectivity index (χ4n) is 4.69. The number of rotatable bonds is 7. The van der Waals surface area contributed by atoms with Gasteiger partial charge in [-0.05, 0) is 44.2 Å². The number of ether oxygens (including phenoxy) is 1. The smallest absolute Gasteiger partial charge is 0.208 e. The lowest BCUT2D eigenvalue weighted by molar-refractivity contribution is -0.00233. The maximum Gasteiger partial charge on any atom is 0.208 e. The van der Waals surface area contributed by atoms with E-state index in [0.29, 0.717) is 12.5 Å². The summed E-state index contributed by atoms with van der Waals surface area (Å²) in [5.74, 6) is 1.44. The predicted molar refractivity (Wildman–Crippen MR) is 119 cm³/mol. The molecule has 1 aliphatic carbocycles. The third-order valence-corrected chi connectivity index (χ3v) is 7.03. The first-order valence-corrected chi connectivity index (χ1v) is 12.9. The molecule has 9 heteroatoms. The molecule has 1 saturated carbocycles. The van der Waals surface area contributed by atoms with Crippen LogP contribution in [0.5, 0.6) is 0 Å². The Labute approximate surface area is 184 Å². The first kappa shape index (κ1) is 22.1. The average molecular weight is 446 g/mol. The number of hydrogen-bond acceptors (Lipinski definition) is 7. The van der Waals surface area contributed by atoms with E-state index in [1.807, 2.05) is 24.4 Å². The number of hydrogen-bond donors (Lipinski definition) is 1. The van der Waals surface area contributed by atoms with Crippen LogP contribution in [0.4, 0.5) is 5.82 Å². The number of piperidine rings is 1. The summed E-state index contributed by atoms with van der Waals surface area (Å²) in [5.41, 5.74) is 1.07. The normalized spacial score (nSPS) is 27.2. The second kappa shape index (κ2) is 10.0. The van der Waals surface area contributed by atoms with Gasteiger partial charge in [0.05, 0.1) is 24.7 Å². The van der Waals surface area contributed by atoms with Gasteiger partial charge >= 0.3 is 0 Å². The van der Waals surface area contributed by atoms with Crippen molar-refractivity contribution >= 4 is 15.8 Å². The van der Waals surface area contributed by atoms with Crippen molar-refractivity contribution in [1.82, 2.24) is 19.7 Å². The van der Waals surface area contributed by atoms with Gasteiger partial charge in [-0.2, -0.15) is 0 Å². The first-order valence-electron chi connectivity index (χ1n) is 11.0. The molecule has 0 amide bonds. The number of nitrogens with one attached hydrogen (secondary N) is 1. The van der Waals surface area contributed by atoms with Gasteiger partial charge in [-0.15, -0.1) is 0 Å². The fraction of sp³-hybridized carbons (Fsp3) is 0.591. The fourth-order valence-corrected chi connectivity index (χ4v) is 5.55. The van der Waals surface area contributed by atoms with Crippen molar-refractivity contribution in [1.29, 1.82) is 0 Å². The summed E-state index contributed by atoms with van der Waals surface area (Å²) in [6, 6.07) is 5.76. The zero-order valence-corrected chi connectivity index (χ0v) is 18.7. The van der Waals surface area contributed by atoms with Gasteiger partial charge in [0.15, 0.2) is 0 Å². The second-order valence-corrected chi connectivity index (χ2v) is 10.4. The largest absolute Gasteiger partial charge is 0.378 e. The third-order valence-electron chi connectivity index (χ3n) is 6.29. The Balaban J connectivity index is 1.34. The third kappa shape index (κ3) is 6.21. The van der Waals surface area contributed by atoms with Gasteiger partial charge < -0.3 is 9.64 Å². The summed E-state index contributed by atoms with van der Waals surface area (Å²) in [6.07, 6.45) is 13.3. The van der Waals surface area contributed by atoms with Crippen LogP contribution in [-0.4, -0.2) is 61.5 Å². The van der Waals surface area contributed by atoms with Crippen LogP contribution < -0.4 is 9.62 Å². The first-order chi connectivity index (χ1) is 15.0. The van der Waals surface area contributed by atoms with Crippen LogP contribution >= 0.6 is 0 Å². The number of anilines is 1. The highest BCUT2D eigenvalue weighted by Gasteiger charge is 2.33. The van der Waals surface area contributed by atoms with E-state index in [-0.39, 0.29) is 18.1 Å². The lowest BCUT2D eigenvalue weighted by Gasteiger charge is -2.40. The van der Waals surface area contributed by atoms with Gasteiger partial charge in [0.2, 0.25) is 10.0 Å². The highest BCUT2D eigenvalue weighted by molar-refractivity contribution is 7.88. The van der Waals surface area contributed by atoms with Crippen molar-refractivity contribution in [3.05, 3.63) is 48.7 Å². The summed E-state index contributed by atoms with van der Waals surface area (Å²) in [4.78, 5) is 15.3. The van der Waals surface area contributed by atoms with Crippen molar-refractivity contribution in [3.8, 4) is 0 Å². The van der Waals surface area contributed by atoms with Crippen molar-refractivity contribution in [2.45, 2.75) is 50.2 Å². The van der Waals surface area contributed by atoms with E-state index in [0.717, 1.165) is 56.7 Å². The van der Waals surface area contributed by atoms with Crippen LogP contribution in [-0.2, 0) is 14.8 Å². The van der Waals surface area contributed by atoms with Crippen LogP contribution in [0.1, 0.15) is 43.7 Å². The standard InChI is InChI=1S/C22H31N5O3S/c1-31(28,29)26-20-9-13-27(22-4-2-3-10-25-22)15-18(20)16-30-19-7-5-17(6-8-19)21-14-23-11-12-24-21/h2-4,10-12,14,17-20,26H,5-9,13,15-16H2,1H3. The zero-order valence-electron chi connectivity index (χ0n) is 17.9. The Morgan fingerprint density at radius 3 is 2.61 bits per heavy atom. The van der Waals surface area contributed by atoms with Gasteiger partial charge in [-0.3, -0.25) is 9.97 Å². The van der Waals surface area contributed by atoms with E-state index in [9.17, 15) is 8.42 Å². The Bertz CT molecular complexity index is 921. The van der Waals surface area contributed by atoms with Crippen molar-refractivity contribution < 1.29 is 13.2 Å². The molecule has 31 heavy (non-hydrogen) atoms. The maximum atomic E-state index is 11.9. The molecular formula is C22H31N5O3S. The van der Waals surface area contributed by atoms with Crippen LogP contribution in [0.15, 0.2) is 43.0 Å². The molecule has 3 heterocycles. The zero-order chi connectivity index (χ0) is 21.7. The van der Waals surface area contributed by atoms with Gasteiger partial charge in [-0.1, -0.05) is 6.07 Å². The minimum absolute atomic E-state index is 0.0724. The van der Waals surface area contributed by atoms with E-state index in [4.69, 9.17) is 4.74 Å². The van der Waals surface area contributed by atoms with Gasteiger partial charge in [-0.25, -0.2) is 18.1 Å². The van der Waals surface area contributed by atoms with E-state index in [2.05, 4.69) is 24.6 Å². The SMILES string of the molecule is CS(=O)(=O)NC1CCN(c2ccccn2)CC1COC1CCC(c2cnccn2)CC1. The topological polar surface area (TPSA) is 97.3 Å². The Morgan fingerprint density at radius 2 is 1.94 bits per heavy atom. The molecule has 2 unspecified atom stereocenters. The molecule has 168 valence electrons. The molecule has 1 N–H and O–H groups in total. The summed E-state index contributed by atoms with van der Waals surface area (Å²) in [6.45, 7) is 2.03. The molecule has 2 aliphatic rings. The van der Waals surface area contributed by atoms with E-state index >= 15 is 0 Å². The maximum absolute atomic E-state index is 11.9. The molecule has 2 aromatic heterocycles. The summed E-state index contributed by atoms with van der Waals surface area (Å²) >= 11 is 0. The highest BCUT2D eigenvalue weighted by atomic mass is 32.2. The average Bonchev–Trinajstić information content (AvgIpc) is 2.79. The molecular weight excluding hydrogens is 414 g/mol. The Hall–Kier alpha value is -2.10. The minimum Gasteiger partial charge on any atom is -0.378 e. The number of aromatic nitrogens is 3. The molecule has 1 saturated heterocycles. The number of nitrogens with zero attached hydrogens (tertiary/aromatic N) is 4.